The Labute approximate surface area is 104 Å². The van der Waals surface area contributed by atoms with Gasteiger partial charge in [-0.15, -0.1) is 6.58 Å². The van der Waals surface area contributed by atoms with E-state index >= 15 is 0 Å². The lowest BCUT2D eigenvalue weighted by molar-refractivity contribution is 0.140. The van der Waals surface area contributed by atoms with Gasteiger partial charge in [0.15, 0.2) is 0 Å². The Bertz CT molecular complexity index is 320. The molecule has 0 amide bonds. The summed E-state index contributed by atoms with van der Waals surface area (Å²) in [5.41, 5.74) is 1.07. The van der Waals surface area contributed by atoms with Gasteiger partial charge in [-0.2, -0.15) is 5.10 Å². The zero-order valence-electron chi connectivity index (χ0n) is 10.9. The summed E-state index contributed by atoms with van der Waals surface area (Å²) in [6, 6.07) is 2.47. The second kappa shape index (κ2) is 8.03. The monoisotopic (exact) mass is 237 g/mol. The largest absolute Gasteiger partial charge is 0.380 e. The van der Waals surface area contributed by atoms with E-state index in [9.17, 15) is 0 Å². The first-order valence-corrected chi connectivity index (χ1v) is 6.17. The maximum Gasteiger partial charge on any atom is 0.0762 e. The van der Waals surface area contributed by atoms with Crippen molar-refractivity contribution in [2.75, 3.05) is 19.8 Å². The predicted octanol–water partition coefficient (Wildman–Crippen LogP) is 2.15. The van der Waals surface area contributed by atoms with Crippen LogP contribution >= 0.6 is 0 Å². The third-order valence-corrected chi connectivity index (χ3v) is 2.39. The van der Waals surface area contributed by atoms with E-state index in [4.69, 9.17) is 4.74 Å². The fourth-order valence-electron chi connectivity index (χ4n) is 1.39. The zero-order valence-corrected chi connectivity index (χ0v) is 10.9. The molecule has 0 unspecified atom stereocenters. The van der Waals surface area contributed by atoms with E-state index in [-0.39, 0.29) is 0 Å². The molecule has 1 N–H and O–H groups in total. The molecule has 1 aromatic heterocycles. The third kappa shape index (κ3) is 5.65. The van der Waals surface area contributed by atoms with Crippen molar-refractivity contribution in [3.63, 3.8) is 0 Å². The number of hydrogen-bond acceptors (Lipinski definition) is 3. The maximum atomic E-state index is 5.40. The summed E-state index contributed by atoms with van der Waals surface area (Å²) >= 11 is 0. The number of aromatic nitrogens is 2. The van der Waals surface area contributed by atoms with Crippen molar-refractivity contribution in [3.8, 4) is 0 Å². The van der Waals surface area contributed by atoms with Crippen LogP contribution in [0.1, 0.15) is 32.0 Å². The van der Waals surface area contributed by atoms with Crippen LogP contribution in [0.4, 0.5) is 0 Å². The van der Waals surface area contributed by atoms with Crippen molar-refractivity contribution in [2.45, 2.75) is 32.9 Å². The van der Waals surface area contributed by atoms with Gasteiger partial charge in [0, 0.05) is 25.3 Å². The molecular weight excluding hydrogens is 214 g/mol. The molecule has 1 rings (SSSR count). The van der Waals surface area contributed by atoms with E-state index in [1.54, 1.807) is 0 Å². The highest BCUT2D eigenvalue weighted by molar-refractivity contribution is 4.98. The van der Waals surface area contributed by atoms with Crippen molar-refractivity contribution < 1.29 is 4.74 Å². The van der Waals surface area contributed by atoms with E-state index < -0.39 is 0 Å². The van der Waals surface area contributed by atoms with Gasteiger partial charge in [0.1, 0.15) is 0 Å². The summed E-state index contributed by atoms with van der Waals surface area (Å²) in [5, 5.41) is 7.76. The average molecular weight is 237 g/mol. The number of nitrogens with zero attached hydrogens (tertiary/aromatic N) is 2. The summed E-state index contributed by atoms with van der Waals surface area (Å²) in [4.78, 5) is 0. The smallest absolute Gasteiger partial charge is 0.0762 e. The van der Waals surface area contributed by atoms with E-state index in [2.05, 4.69) is 30.8 Å². The highest BCUT2D eigenvalue weighted by atomic mass is 16.5. The summed E-state index contributed by atoms with van der Waals surface area (Å²) in [6.45, 7) is 11.0. The minimum Gasteiger partial charge on any atom is -0.380 e. The maximum absolute atomic E-state index is 5.40. The summed E-state index contributed by atoms with van der Waals surface area (Å²) in [7, 11) is 0. The van der Waals surface area contributed by atoms with Crippen LogP contribution in [0.15, 0.2) is 24.9 Å². The van der Waals surface area contributed by atoms with Crippen LogP contribution in [0.3, 0.4) is 0 Å². The fraction of sp³-hybridized carbons (Fsp3) is 0.615. The molecule has 1 heterocycles. The topological polar surface area (TPSA) is 39.1 Å². The first kappa shape index (κ1) is 13.9. The molecule has 1 aromatic rings. The van der Waals surface area contributed by atoms with Crippen molar-refractivity contribution in [1.29, 1.82) is 0 Å². The Morgan fingerprint density at radius 1 is 1.53 bits per heavy atom. The van der Waals surface area contributed by atoms with Crippen LogP contribution in [0.25, 0.3) is 0 Å². The lowest BCUT2D eigenvalue weighted by Gasteiger charge is -2.05. The van der Waals surface area contributed by atoms with E-state index in [0.717, 1.165) is 38.4 Å². The molecule has 0 aliphatic heterocycles. The van der Waals surface area contributed by atoms with Gasteiger partial charge in [-0.25, -0.2) is 0 Å². The van der Waals surface area contributed by atoms with Gasteiger partial charge in [-0.05, 0) is 26.3 Å². The fourth-order valence-corrected chi connectivity index (χ4v) is 1.39. The molecule has 4 heteroatoms. The van der Waals surface area contributed by atoms with Crippen LogP contribution in [-0.4, -0.2) is 29.5 Å². The highest BCUT2D eigenvalue weighted by Gasteiger charge is 2.00. The standard InChI is InChI=1S/C13H23N3O/c1-4-5-9-17-10-7-14-11-13-6-8-16(15-13)12(2)3/h4,6,8,12,14H,1,5,7,9-11H2,2-3H3. The molecule has 17 heavy (non-hydrogen) atoms. The number of nitrogens with one attached hydrogen (secondary N) is 1. The van der Waals surface area contributed by atoms with E-state index in [1.165, 1.54) is 0 Å². The van der Waals surface area contributed by atoms with Crippen molar-refractivity contribution >= 4 is 0 Å². The number of rotatable bonds is 9. The van der Waals surface area contributed by atoms with Crippen molar-refractivity contribution in [2.24, 2.45) is 0 Å². The van der Waals surface area contributed by atoms with Gasteiger partial charge in [0.05, 0.1) is 18.9 Å². The Morgan fingerprint density at radius 2 is 2.35 bits per heavy atom. The lowest BCUT2D eigenvalue weighted by Crippen LogP contribution is -2.20. The van der Waals surface area contributed by atoms with Gasteiger partial charge in [-0.3, -0.25) is 4.68 Å². The van der Waals surface area contributed by atoms with E-state index in [1.807, 2.05) is 23.0 Å². The minimum atomic E-state index is 0.422. The van der Waals surface area contributed by atoms with Crippen LogP contribution in [0.2, 0.25) is 0 Å². The molecule has 0 aliphatic rings. The van der Waals surface area contributed by atoms with Crippen molar-refractivity contribution in [1.82, 2.24) is 15.1 Å². The Hall–Kier alpha value is -1.13. The molecule has 4 nitrogen and oxygen atoms in total. The molecular formula is C13H23N3O. The van der Waals surface area contributed by atoms with Gasteiger partial charge in [0.2, 0.25) is 0 Å². The normalized spacial score (nSPS) is 11.0. The van der Waals surface area contributed by atoms with E-state index in [0.29, 0.717) is 6.04 Å². The molecule has 0 spiro atoms. The molecule has 0 aromatic carbocycles. The first-order valence-electron chi connectivity index (χ1n) is 6.17. The number of hydrogen-bond donors (Lipinski definition) is 1. The minimum absolute atomic E-state index is 0.422. The summed E-state index contributed by atoms with van der Waals surface area (Å²) in [6.07, 6.45) is 4.80. The second-order valence-corrected chi connectivity index (χ2v) is 4.25. The molecule has 0 saturated carbocycles. The lowest BCUT2D eigenvalue weighted by atomic mass is 10.4. The average Bonchev–Trinajstić information content (AvgIpc) is 2.77. The van der Waals surface area contributed by atoms with Gasteiger partial charge < -0.3 is 10.1 Å². The molecule has 0 bridgehead atoms. The molecule has 0 radical (unpaired) electrons. The Balaban J connectivity index is 2.07. The molecule has 0 saturated heterocycles. The first-order chi connectivity index (χ1) is 8.24. The Kier molecular flexibility index (Phi) is 6.58. The van der Waals surface area contributed by atoms with Crippen LogP contribution in [0, 0.1) is 0 Å². The summed E-state index contributed by atoms with van der Waals surface area (Å²) < 4.78 is 7.37. The molecule has 96 valence electrons. The van der Waals surface area contributed by atoms with Crippen LogP contribution in [0.5, 0.6) is 0 Å². The zero-order chi connectivity index (χ0) is 12.5. The highest BCUT2D eigenvalue weighted by Crippen LogP contribution is 2.03. The quantitative estimate of drug-likeness (QED) is 0.528. The van der Waals surface area contributed by atoms with Crippen molar-refractivity contribution in [3.05, 3.63) is 30.6 Å². The third-order valence-electron chi connectivity index (χ3n) is 2.39. The molecule has 0 aliphatic carbocycles. The molecule has 0 atom stereocenters. The van der Waals surface area contributed by atoms with Gasteiger partial charge in [0.25, 0.3) is 0 Å². The number of ether oxygens (including phenoxy) is 1. The van der Waals surface area contributed by atoms with Gasteiger partial charge in [-0.1, -0.05) is 6.08 Å². The summed E-state index contributed by atoms with van der Waals surface area (Å²) in [5.74, 6) is 0. The van der Waals surface area contributed by atoms with Gasteiger partial charge >= 0.3 is 0 Å². The predicted molar refractivity (Wildman–Crippen MR) is 70.0 cm³/mol. The molecule has 0 fully saturated rings. The van der Waals surface area contributed by atoms with Crippen LogP contribution in [-0.2, 0) is 11.3 Å². The SMILES string of the molecule is C=CCCOCCNCc1ccn(C(C)C)n1. The Morgan fingerprint density at radius 3 is 3.00 bits per heavy atom. The van der Waals surface area contributed by atoms with Crippen LogP contribution < -0.4 is 5.32 Å². The second-order valence-electron chi connectivity index (χ2n) is 4.25.